The van der Waals surface area contributed by atoms with Crippen LogP contribution in [0.25, 0.3) is 44.4 Å². The zero-order valence-corrected chi connectivity index (χ0v) is 12.1. The average Bonchev–Trinajstić information content (AvgIpc) is 2.99. The van der Waals surface area contributed by atoms with Crippen LogP contribution in [0.15, 0.2) is 71.4 Å². The summed E-state index contributed by atoms with van der Waals surface area (Å²) in [4.78, 5) is 13.6. The predicted octanol–water partition coefficient (Wildman–Crippen LogP) is 4.59. The third kappa shape index (κ3) is 1.82. The van der Waals surface area contributed by atoms with E-state index < -0.39 is 0 Å². The van der Waals surface area contributed by atoms with Crippen LogP contribution >= 0.6 is 0 Å². The molecule has 23 heavy (non-hydrogen) atoms. The Morgan fingerprint density at radius 2 is 1.65 bits per heavy atom. The van der Waals surface area contributed by atoms with E-state index in [-0.39, 0.29) is 0 Å². The van der Waals surface area contributed by atoms with E-state index in [2.05, 4.69) is 22.1 Å². The van der Waals surface area contributed by atoms with Gasteiger partial charge in [0.1, 0.15) is 5.52 Å². The first-order valence-electron chi connectivity index (χ1n) is 7.38. The first-order chi connectivity index (χ1) is 11.4. The van der Waals surface area contributed by atoms with Gasteiger partial charge in [-0.25, -0.2) is 9.97 Å². The van der Waals surface area contributed by atoms with Crippen molar-refractivity contribution < 1.29 is 4.42 Å². The smallest absolute Gasteiger partial charge is 0.228 e. The zero-order valence-electron chi connectivity index (χ0n) is 12.1. The number of hydrogen-bond donors (Lipinski definition) is 0. The molecule has 0 bridgehead atoms. The van der Waals surface area contributed by atoms with Crippen LogP contribution in [0, 0.1) is 0 Å². The molecule has 0 N–H and O–H groups in total. The van der Waals surface area contributed by atoms with Crippen LogP contribution in [-0.4, -0.2) is 15.0 Å². The molecule has 4 nitrogen and oxygen atoms in total. The molecule has 5 rings (SSSR count). The van der Waals surface area contributed by atoms with Crippen molar-refractivity contribution in [1.29, 1.82) is 0 Å². The minimum atomic E-state index is 0.609. The summed E-state index contributed by atoms with van der Waals surface area (Å²) in [7, 11) is 0. The molecule has 0 fully saturated rings. The molecule has 4 heterocycles. The van der Waals surface area contributed by atoms with Crippen LogP contribution in [-0.2, 0) is 0 Å². The van der Waals surface area contributed by atoms with Gasteiger partial charge in [0.05, 0.1) is 16.8 Å². The van der Waals surface area contributed by atoms with Crippen molar-refractivity contribution in [2.75, 3.05) is 0 Å². The third-order valence-electron chi connectivity index (χ3n) is 4.01. The van der Waals surface area contributed by atoms with Gasteiger partial charge in [0.15, 0.2) is 5.58 Å². The van der Waals surface area contributed by atoms with Gasteiger partial charge in [0.2, 0.25) is 5.71 Å². The van der Waals surface area contributed by atoms with Crippen molar-refractivity contribution >= 4 is 33.0 Å². The van der Waals surface area contributed by atoms with Crippen LogP contribution in [0.3, 0.4) is 0 Å². The number of fused-ring (bicyclic) bond motifs is 4. The largest absolute Gasteiger partial charge is 0.436 e. The molecule has 0 radical (unpaired) electrons. The van der Waals surface area contributed by atoms with Gasteiger partial charge in [-0.3, -0.25) is 4.98 Å². The van der Waals surface area contributed by atoms with Crippen LogP contribution in [0.2, 0.25) is 0 Å². The quantitative estimate of drug-likeness (QED) is 0.454. The van der Waals surface area contributed by atoms with Crippen molar-refractivity contribution in [2.45, 2.75) is 0 Å². The third-order valence-corrected chi connectivity index (χ3v) is 4.01. The molecule has 0 amide bonds. The lowest BCUT2D eigenvalue weighted by Gasteiger charge is -2.04. The Balaban J connectivity index is 1.84. The Morgan fingerprint density at radius 1 is 0.739 bits per heavy atom. The van der Waals surface area contributed by atoms with Gasteiger partial charge >= 0.3 is 0 Å². The van der Waals surface area contributed by atoms with Gasteiger partial charge in [-0.15, -0.1) is 0 Å². The van der Waals surface area contributed by atoms with Crippen LogP contribution in [0.1, 0.15) is 0 Å². The second-order valence-electron chi connectivity index (χ2n) is 5.38. The summed E-state index contributed by atoms with van der Waals surface area (Å²) < 4.78 is 5.74. The normalized spacial score (nSPS) is 11.5. The molecule has 0 unspecified atom stereocenters. The van der Waals surface area contributed by atoms with Crippen molar-refractivity contribution in [3.63, 3.8) is 0 Å². The maximum absolute atomic E-state index is 5.74. The molecule has 0 aliphatic heterocycles. The van der Waals surface area contributed by atoms with E-state index in [4.69, 9.17) is 9.40 Å². The second-order valence-corrected chi connectivity index (χ2v) is 5.38. The topological polar surface area (TPSA) is 51.8 Å². The van der Waals surface area contributed by atoms with E-state index in [9.17, 15) is 0 Å². The number of benzene rings is 1. The number of hydrogen-bond acceptors (Lipinski definition) is 4. The Hall–Kier alpha value is -3.27. The van der Waals surface area contributed by atoms with E-state index >= 15 is 0 Å². The first kappa shape index (κ1) is 12.3. The lowest BCUT2D eigenvalue weighted by Crippen LogP contribution is -1.89. The highest BCUT2D eigenvalue weighted by atomic mass is 16.3. The molecule has 0 aliphatic carbocycles. The number of nitrogens with zero attached hydrogens (tertiary/aromatic N) is 3. The maximum Gasteiger partial charge on any atom is 0.228 e. The number of rotatable bonds is 1. The van der Waals surface area contributed by atoms with E-state index in [1.54, 1.807) is 6.20 Å². The fraction of sp³-hybridized carbons (Fsp3) is 0. The highest BCUT2D eigenvalue weighted by Gasteiger charge is 2.12. The van der Waals surface area contributed by atoms with Crippen molar-refractivity contribution in [3.05, 3.63) is 67.0 Å². The van der Waals surface area contributed by atoms with Crippen LogP contribution in [0.4, 0.5) is 0 Å². The highest BCUT2D eigenvalue weighted by molar-refractivity contribution is 6.02. The maximum atomic E-state index is 5.74. The van der Waals surface area contributed by atoms with Crippen LogP contribution < -0.4 is 0 Å². The summed E-state index contributed by atoms with van der Waals surface area (Å²) in [6.07, 6.45) is 3.54. The molecule has 1 aromatic carbocycles. The monoisotopic (exact) mass is 297 g/mol. The van der Waals surface area contributed by atoms with Crippen molar-refractivity contribution in [3.8, 4) is 11.4 Å². The number of aromatic nitrogens is 3. The van der Waals surface area contributed by atoms with Gasteiger partial charge in [-0.05, 0) is 35.7 Å². The predicted molar refractivity (Wildman–Crippen MR) is 90.0 cm³/mol. The lowest BCUT2D eigenvalue weighted by atomic mass is 10.1. The Kier molecular flexibility index (Phi) is 2.46. The molecule has 0 aliphatic rings. The van der Waals surface area contributed by atoms with Gasteiger partial charge < -0.3 is 4.42 Å². The molecular formula is C19H11N3O. The summed E-state index contributed by atoms with van der Waals surface area (Å²) in [6.45, 7) is 0. The van der Waals surface area contributed by atoms with Gasteiger partial charge in [-0.2, -0.15) is 0 Å². The number of furan rings is 1. The molecule has 0 saturated carbocycles. The molecular weight excluding hydrogens is 286 g/mol. The summed E-state index contributed by atoms with van der Waals surface area (Å²) >= 11 is 0. The minimum Gasteiger partial charge on any atom is -0.436 e. The molecule has 5 aromatic rings. The van der Waals surface area contributed by atoms with Gasteiger partial charge in [0, 0.05) is 17.8 Å². The van der Waals surface area contributed by atoms with E-state index in [1.165, 1.54) is 0 Å². The molecule has 0 saturated heterocycles. The summed E-state index contributed by atoms with van der Waals surface area (Å²) in [5.74, 6) is 0. The first-order valence-corrected chi connectivity index (χ1v) is 7.38. The molecule has 108 valence electrons. The second kappa shape index (κ2) is 4.61. The standard InChI is InChI=1S/C19H11N3O/c1-2-5-13-12(4-1)9-11-20-17(13)15-7-8-16-18(22-15)14-6-3-10-21-19(14)23-16/h1-11H. The number of pyridine rings is 3. The molecule has 4 aromatic heterocycles. The minimum absolute atomic E-state index is 0.609. The van der Waals surface area contributed by atoms with E-state index in [0.29, 0.717) is 5.71 Å². The van der Waals surface area contributed by atoms with E-state index in [1.807, 2.05) is 48.7 Å². The van der Waals surface area contributed by atoms with Crippen molar-refractivity contribution in [1.82, 2.24) is 15.0 Å². The summed E-state index contributed by atoms with van der Waals surface area (Å²) in [6, 6.07) is 17.9. The summed E-state index contributed by atoms with van der Waals surface area (Å²) in [5.41, 5.74) is 3.88. The van der Waals surface area contributed by atoms with E-state index in [0.717, 1.165) is 38.6 Å². The zero-order chi connectivity index (χ0) is 15.2. The highest BCUT2D eigenvalue weighted by Crippen LogP contribution is 2.30. The van der Waals surface area contributed by atoms with Gasteiger partial charge in [0.25, 0.3) is 0 Å². The molecule has 4 heteroatoms. The van der Waals surface area contributed by atoms with Crippen molar-refractivity contribution in [2.24, 2.45) is 0 Å². The summed E-state index contributed by atoms with van der Waals surface area (Å²) in [5, 5.41) is 3.16. The van der Waals surface area contributed by atoms with Crippen LogP contribution in [0.5, 0.6) is 0 Å². The lowest BCUT2D eigenvalue weighted by molar-refractivity contribution is 0.653. The fourth-order valence-corrected chi connectivity index (χ4v) is 2.93. The Bertz CT molecular complexity index is 1170. The molecule has 0 spiro atoms. The van der Waals surface area contributed by atoms with Gasteiger partial charge in [-0.1, -0.05) is 24.3 Å². The SMILES string of the molecule is c1ccc2c(-c3ccc4oc5ncccc5c4n3)nccc2c1. The molecule has 0 atom stereocenters. The average molecular weight is 297 g/mol. The Labute approximate surface area is 131 Å². The fourth-order valence-electron chi connectivity index (χ4n) is 2.93. The Morgan fingerprint density at radius 3 is 2.65 bits per heavy atom.